The highest BCUT2D eigenvalue weighted by molar-refractivity contribution is 5.88. The number of benzene rings is 1. The van der Waals surface area contributed by atoms with Gasteiger partial charge in [-0.25, -0.2) is 9.48 Å². The SMILES string of the molecule is COCCOC(=O)c1nnn(Cc2ccc(O)cc2)c1C. The van der Waals surface area contributed by atoms with Gasteiger partial charge in [0.05, 0.1) is 18.8 Å². The molecule has 112 valence electrons. The number of phenolic OH excluding ortho intramolecular Hbond substituents is 1. The Labute approximate surface area is 122 Å². The molecule has 0 aliphatic carbocycles. The molecule has 0 amide bonds. The quantitative estimate of drug-likeness (QED) is 0.634. The Hall–Kier alpha value is -2.41. The van der Waals surface area contributed by atoms with Gasteiger partial charge in [0, 0.05) is 7.11 Å². The van der Waals surface area contributed by atoms with Crippen molar-refractivity contribution in [2.75, 3.05) is 20.3 Å². The fraction of sp³-hybridized carbons (Fsp3) is 0.357. The van der Waals surface area contributed by atoms with Crippen molar-refractivity contribution in [1.82, 2.24) is 15.0 Å². The number of nitrogens with zero attached hydrogens (tertiary/aromatic N) is 3. The van der Waals surface area contributed by atoms with E-state index < -0.39 is 5.97 Å². The summed E-state index contributed by atoms with van der Waals surface area (Å²) in [7, 11) is 1.53. The zero-order valence-electron chi connectivity index (χ0n) is 11.9. The van der Waals surface area contributed by atoms with E-state index in [0.29, 0.717) is 18.8 Å². The molecule has 0 aliphatic rings. The maximum absolute atomic E-state index is 11.8. The van der Waals surface area contributed by atoms with Crippen molar-refractivity contribution < 1.29 is 19.4 Å². The van der Waals surface area contributed by atoms with E-state index in [9.17, 15) is 9.90 Å². The van der Waals surface area contributed by atoms with Gasteiger partial charge in [0.2, 0.25) is 0 Å². The third-order valence-corrected chi connectivity index (χ3v) is 2.97. The molecule has 2 aromatic rings. The van der Waals surface area contributed by atoms with Crippen LogP contribution in [0.25, 0.3) is 0 Å². The Kier molecular flexibility index (Phi) is 4.89. The second kappa shape index (κ2) is 6.85. The molecule has 0 saturated heterocycles. The van der Waals surface area contributed by atoms with Crippen molar-refractivity contribution in [3.8, 4) is 5.75 Å². The van der Waals surface area contributed by atoms with Gasteiger partial charge in [-0.15, -0.1) is 5.10 Å². The van der Waals surface area contributed by atoms with Gasteiger partial charge in [0.15, 0.2) is 5.69 Å². The van der Waals surface area contributed by atoms with Crippen LogP contribution in [0.4, 0.5) is 0 Å². The lowest BCUT2D eigenvalue weighted by molar-refractivity contribution is 0.0380. The Balaban J connectivity index is 2.06. The van der Waals surface area contributed by atoms with Crippen molar-refractivity contribution in [3.63, 3.8) is 0 Å². The van der Waals surface area contributed by atoms with Gasteiger partial charge >= 0.3 is 5.97 Å². The van der Waals surface area contributed by atoms with E-state index >= 15 is 0 Å². The first-order chi connectivity index (χ1) is 10.1. The average Bonchev–Trinajstić information content (AvgIpc) is 2.83. The summed E-state index contributed by atoms with van der Waals surface area (Å²) in [5, 5.41) is 17.1. The normalized spacial score (nSPS) is 10.6. The summed E-state index contributed by atoms with van der Waals surface area (Å²) in [5.74, 6) is -0.307. The maximum atomic E-state index is 11.8. The van der Waals surface area contributed by atoms with Crippen molar-refractivity contribution in [1.29, 1.82) is 0 Å². The molecule has 7 nitrogen and oxygen atoms in total. The Bertz CT molecular complexity index is 607. The summed E-state index contributed by atoms with van der Waals surface area (Å²) in [6.07, 6.45) is 0. The number of ether oxygens (including phenoxy) is 2. The zero-order valence-corrected chi connectivity index (χ0v) is 11.9. The van der Waals surface area contributed by atoms with Gasteiger partial charge in [-0.3, -0.25) is 0 Å². The van der Waals surface area contributed by atoms with Crippen molar-refractivity contribution >= 4 is 5.97 Å². The van der Waals surface area contributed by atoms with E-state index in [0.717, 1.165) is 5.56 Å². The van der Waals surface area contributed by atoms with Crippen LogP contribution in [0.5, 0.6) is 5.75 Å². The summed E-state index contributed by atoms with van der Waals surface area (Å²) >= 11 is 0. The molecule has 1 heterocycles. The molecule has 0 radical (unpaired) electrons. The second-order valence-electron chi connectivity index (χ2n) is 4.48. The predicted octanol–water partition coefficient (Wildman–Crippen LogP) is 1.14. The van der Waals surface area contributed by atoms with E-state index in [1.54, 1.807) is 35.9 Å². The van der Waals surface area contributed by atoms with Crippen LogP contribution < -0.4 is 0 Å². The molecule has 1 aromatic carbocycles. The second-order valence-corrected chi connectivity index (χ2v) is 4.48. The Morgan fingerprint density at radius 1 is 1.29 bits per heavy atom. The van der Waals surface area contributed by atoms with Crippen molar-refractivity contribution in [2.24, 2.45) is 0 Å². The zero-order chi connectivity index (χ0) is 15.2. The van der Waals surface area contributed by atoms with E-state index in [1.807, 2.05) is 0 Å². The molecule has 0 saturated carbocycles. The van der Waals surface area contributed by atoms with Crippen LogP contribution in [0.15, 0.2) is 24.3 Å². The molecule has 0 aliphatic heterocycles. The topological polar surface area (TPSA) is 86.5 Å². The molecule has 7 heteroatoms. The van der Waals surface area contributed by atoms with E-state index in [4.69, 9.17) is 9.47 Å². The van der Waals surface area contributed by atoms with Crippen LogP contribution in [-0.2, 0) is 16.0 Å². The number of methoxy groups -OCH3 is 1. The third-order valence-electron chi connectivity index (χ3n) is 2.97. The molecule has 1 aromatic heterocycles. The van der Waals surface area contributed by atoms with Crippen LogP contribution in [0.3, 0.4) is 0 Å². The summed E-state index contributed by atoms with van der Waals surface area (Å²) in [4.78, 5) is 11.8. The first-order valence-corrected chi connectivity index (χ1v) is 6.46. The fourth-order valence-corrected chi connectivity index (χ4v) is 1.76. The van der Waals surface area contributed by atoms with E-state index in [-0.39, 0.29) is 18.1 Å². The number of rotatable bonds is 6. The predicted molar refractivity (Wildman–Crippen MR) is 74.1 cm³/mol. The van der Waals surface area contributed by atoms with Gasteiger partial charge in [0.25, 0.3) is 0 Å². The molecule has 21 heavy (non-hydrogen) atoms. The molecule has 0 fully saturated rings. The number of phenols is 1. The number of hydrogen-bond acceptors (Lipinski definition) is 6. The summed E-state index contributed by atoms with van der Waals surface area (Å²) in [5.41, 5.74) is 1.77. The van der Waals surface area contributed by atoms with Crippen LogP contribution >= 0.6 is 0 Å². The number of esters is 1. The first kappa shape index (κ1) is 15.0. The minimum Gasteiger partial charge on any atom is -0.508 e. The van der Waals surface area contributed by atoms with E-state index in [2.05, 4.69) is 10.3 Å². The summed E-state index contributed by atoms with van der Waals surface area (Å²) in [6.45, 7) is 2.74. The van der Waals surface area contributed by atoms with Crippen LogP contribution in [0.2, 0.25) is 0 Å². The van der Waals surface area contributed by atoms with Gasteiger partial charge in [-0.2, -0.15) is 0 Å². The van der Waals surface area contributed by atoms with Gasteiger partial charge < -0.3 is 14.6 Å². The Morgan fingerprint density at radius 3 is 2.67 bits per heavy atom. The Morgan fingerprint density at radius 2 is 2.00 bits per heavy atom. The lowest BCUT2D eigenvalue weighted by atomic mass is 10.2. The lowest BCUT2D eigenvalue weighted by Gasteiger charge is -2.05. The van der Waals surface area contributed by atoms with Gasteiger partial charge in [-0.1, -0.05) is 17.3 Å². The van der Waals surface area contributed by atoms with Crippen molar-refractivity contribution in [2.45, 2.75) is 13.5 Å². The number of hydrogen-bond donors (Lipinski definition) is 1. The molecule has 0 bridgehead atoms. The standard InChI is InChI=1S/C14H17N3O4/c1-10-13(14(19)21-8-7-20-2)15-16-17(10)9-11-3-5-12(18)6-4-11/h3-6,18H,7-9H2,1-2H3. The molecule has 0 atom stereocenters. The molecule has 0 spiro atoms. The number of aromatic nitrogens is 3. The lowest BCUT2D eigenvalue weighted by Crippen LogP contribution is -2.12. The fourth-order valence-electron chi connectivity index (χ4n) is 1.76. The van der Waals surface area contributed by atoms with E-state index in [1.165, 1.54) is 7.11 Å². The molecule has 1 N–H and O–H groups in total. The minimum atomic E-state index is -0.512. The highest BCUT2D eigenvalue weighted by Gasteiger charge is 2.17. The highest BCUT2D eigenvalue weighted by atomic mass is 16.6. The van der Waals surface area contributed by atoms with Gasteiger partial charge in [0.1, 0.15) is 12.4 Å². The maximum Gasteiger partial charge on any atom is 0.360 e. The smallest absolute Gasteiger partial charge is 0.360 e. The molecule has 2 rings (SSSR count). The third kappa shape index (κ3) is 3.79. The number of carbonyl (C=O) groups excluding carboxylic acids is 1. The molecule has 0 unspecified atom stereocenters. The van der Waals surface area contributed by atoms with Crippen LogP contribution in [0, 0.1) is 6.92 Å². The summed E-state index contributed by atoms with van der Waals surface area (Å²) < 4.78 is 11.4. The van der Waals surface area contributed by atoms with Crippen molar-refractivity contribution in [3.05, 3.63) is 41.2 Å². The minimum absolute atomic E-state index is 0.180. The molecular formula is C14H17N3O4. The van der Waals surface area contributed by atoms with Gasteiger partial charge in [-0.05, 0) is 24.6 Å². The number of aromatic hydroxyl groups is 1. The highest BCUT2D eigenvalue weighted by Crippen LogP contribution is 2.12. The first-order valence-electron chi connectivity index (χ1n) is 6.46. The van der Waals surface area contributed by atoms with Crippen LogP contribution in [0.1, 0.15) is 21.7 Å². The van der Waals surface area contributed by atoms with Crippen LogP contribution in [-0.4, -0.2) is 46.4 Å². The average molecular weight is 291 g/mol. The monoisotopic (exact) mass is 291 g/mol. The molecular weight excluding hydrogens is 274 g/mol. The summed E-state index contributed by atoms with van der Waals surface area (Å²) in [6, 6.07) is 6.77. The largest absolute Gasteiger partial charge is 0.508 e. The number of carbonyl (C=O) groups is 1.